The SMILES string of the molecule is Cc1nc(-n2cccc2)sc1C(=O)NCc1nn(C2CCCC2)c(=O)c2ccccc12. The molecule has 0 radical (unpaired) electrons. The van der Waals surface area contributed by atoms with Gasteiger partial charge in [-0.1, -0.05) is 42.4 Å². The van der Waals surface area contributed by atoms with Crippen molar-refractivity contribution in [1.82, 2.24) is 24.6 Å². The van der Waals surface area contributed by atoms with Crippen molar-refractivity contribution in [2.24, 2.45) is 0 Å². The minimum atomic E-state index is -0.182. The fourth-order valence-electron chi connectivity index (χ4n) is 4.21. The van der Waals surface area contributed by atoms with Crippen LogP contribution in [0.1, 0.15) is 52.8 Å². The number of amides is 1. The summed E-state index contributed by atoms with van der Waals surface area (Å²) in [5.41, 5.74) is 1.36. The maximum atomic E-state index is 13.0. The summed E-state index contributed by atoms with van der Waals surface area (Å²) < 4.78 is 3.53. The Hall–Kier alpha value is -3.26. The highest BCUT2D eigenvalue weighted by atomic mass is 32.1. The molecule has 158 valence electrons. The summed E-state index contributed by atoms with van der Waals surface area (Å²) in [6, 6.07) is 11.5. The number of fused-ring (bicyclic) bond motifs is 1. The van der Waals surface area contributed by atoms with Crippen molar-refractivity contribution >= 4 is 28.0 Å². The summed E-state index contributed by atoms with van der Waals surface area (Å²) >= 11 is 1.35. The van der Waals surface area contributed by atoms with Gasteiger partial charge in [-0.15, -0.1) is 0 Å². The summed E-state index contributed by atoms with van der Waals surface area (Å²) in [4.78, 5) is 31.0. The normalized spacial score (nSPS) is 14.4. The van der Waals surface area contributed by atoms with Gasteiger partial charge in [0.1, 0.15) is 4.88 Å². The summed E-state index contributed by atoms with van der Waals surface area (Å²) in [6.45, 7) is 2.09. The van der Waals surface area contributed by atoms with E-state index in [1.807, 2.05) is 60.3 Å². The van der Waals surface area contributed by atoms with E-state index in [9.17, 15) is 9.59 Å². The number of rotatable bonds is 5. The predicted octanol–water partition coefficient (Wildman–Crippen LogP) is 4.00. The second-order valence-corrected chi connectivity index (χ2v) is 8.84. The fourth-order valence-corrected chi connectivity index (χ4v) is 5.16. The molecule has 5 rings (SSSR count). The van der Waals surface area contributed by atoms with E-state index in [0.717, 1.165) is 36.2 Å². The number of hydrogen-bond acceptors (Lipinski definition) is 5. The first-order valence-electron chi connectivity index (χ1n) is 10.5. The average Bonchev–Trinajstić information content (AvgIpc) is 3.55. The number of aryl methyl sites for hydroxylation is 1. The van der Waals surface area contributed by atoms with Crippen molar-refractivity contribution in [3.05, 3.63) is 75.4 Å². The number of nitrogens with zero attached hydrogens (tertiary/aromatic N) is 4. The zero-order valence-corrected chi connectivity index (χ0v) is 18.1. The Kier molecular flexibility index (Phi) is 5.15. The molecule has 1 aromatic carbocycles. The van der Waals surface area contributed by atoms with Crippen molar-refractivity contribution in [2.75, 3.05) is 0 Å². The number of carbonyl (C=O) groups is 1. The van der Waals surface area contributed by atoms with Crippen LogP contribution in [0.2, 0.25) is 0 Å². The van der Waals surface area contributed by atoms with Crippen molar-refractivity contribution in [1.29, 1.82) is 0 Å². The van der Waals surface area contributed by atoms with Gasteiger partial charge < -0.3 is 9.88 Å². The Morgan fingerprint density at radius 3 is 2.58 bits per heavy atom. The van der Waals surface area contributed by atoms with Crippen LogP contribution >= 0.6 is 11.3 Å². The molecule has 1 amide bonds. The molecule has 3 aromatic heterocycles. The average molecular weight is 434 g/mol. The lowest BCUT2D eigenvalue weighted by atomic mass is 10.1. The number of hydrogen-bond donors (Lipinski definition) is 1. The molecule has 0 bridgehead atoms. The topological polar surface area (TPSA) is 81.8 Å². The third kappa shape index (κ3) is 3.67. The second-order valence-electron chi connectivity index (χ2n) is 7.86. The molecule has 4 aromatic rings. The van der Waals surface area contributed by atoms with Gasteiger partial charge in [0.05, 0.1) is 29.4 Å². The fraction of sp³-hybridized carbons (Fsp3) is 0.304. The van der Waals surface area contributed by atoms with Crippen LogP contribution in [0.25, 0.3) is 15.9 Å². The molecule has 1 saturated carbocycles. The van der Waals surface area contributed by atoms with E-state index in [-0.39, 0.29) is 24.1 Å². The predicted molar refractivity (Wildman–Crippen MR) is 121 cm³/mol. The lowest BCUT2D eigenvalue weighted by Gasteiger charge is -2.16. The van der Waals surface area contributed by atoms with E-state index < -0.39 is 0 Å². The van der Waals surface area contributed by atoms with E-state index in [2.05, 4.69) is 15.4 Å². The molecule has 0 unspecified atom stereocenters. The number of thiazole rings is 1. The molecule has 0 atom stereocenters. The first kappa shape index (κ1) is 19.7. The lowest BCUT2D eigenvalue weighted by molar-refractivity contribution is 0.0953. The van der Waals surface area contributed by atoms with Crippen molar-refractivity contribution in [3.63, 3.8) is 0 Å². The molecule has 3 heterocycles. The summed E-state index contributed by atoms with van der Waals surface area (Å²) in [5, 5.41) is 9.87. The van der Waals surface area contributed by atoms with Crippen LogP contribution in [-0.2, 0) is 6.54 Å². The second kappa shape index (κ2) is 8.11. The van der Waals surface area contributed by atoms with Gasteiger partial charge in [0.2, 0.25) is 0 Å². The molecule has 1 N–H and O–H groups in total. The minimum absolute atomic E-state index is 0.0488. The van der Waals surface area contributed by atoms with E-state index in [1.165, 1.54) is 11.3 Å². The Morgan fingerprint density at radius 2 is 1.84 bits per heavy atom. The highest BCUT2D eigenvalue weighted by molar-refractivity contribution is 7.16. The summed E-state index contributed by atoms with van der Waals surface area (Å²) in [5.74, 6) is -0.182. The van der Waals surface area contributed by atoms with Crippen LogP contribution in [0.15, 0.2) is 53.6 Å². The number of aromatic nitrogens is 4. The Labute approximate surface area is 183 Å². The van der Waals surface area contributed by atoms with Crippen LogP contribution in [0.3, 0.4) is 0 Å². The van der Waals surface area contributed by atoms with Gasteiger partial charge in [-0.05, 0) is 38.0 Å². The van der Waals surface area contributed by atoms with Crippen molar-refractivity contribution in [2.45, 2.75) is 45.2 Å². The van der Waals surface area contributed by atoms with Gasteiger partial charge in [0.25, 0.3) is 11.5 Å². The number of nitrogens with one attached hydrogen (secondary N) is 1. The minimum Gasteiger partial charge on any atom is -0.346 e. The largest absolute Gasteiger partial charge is 0.346 e. The molecule has 1 aliphatic rings. The molecular weight excluding hydrogens is 410 g/mol. The first-order chi connectivity index (χ1) is 15.1. The molecule has 1 aliphatic carbocycles. The van der Waals surface area contributed by atoms with Crippen LogP contribution in [0.4, 0.5) is 0 Å². The third-order valence-corrected chi connectivity index (χ3v) is 6.98. The van der Waals surface area contributed by atoms with Crippen LogP contribution in [-0.4, -0.2) is 25.2 Å². The van der Waals surface area contributed by atoms with Gasteiger partial charge in [0, 0.05) is 17.8 Å². The summed E-state index contributed by atoms with van der Waals surface area (Å²) in [6.07, 6.45) is 7.99. The van der Waals surface area contributed by atoms with Crippen LogP contribution in [0.5, 0.6) is 0 Å². The highest BCUT2D eigenvalue weighted by Crippen LogP contribution is 2.28. The third-order valence-electron chi connectivity index (χ3n) is 5.81. The smallest absolute Gasteiger partial charge is 0.274 e. The van der Waals surface area contributed by atoms with Gasteiger partial charge in [0.15, 0.2) is 5.13 Å². The van der Waals surface area contributed by atoms with Crippen molar-refractivity contribution in [3.8, 4) is 5.13 Å². The molecule has 1 fully saturated rings. The number of carbonyl (C=O) groups excluding carboxylic acids is 1. The molecule has 0 spiro atoms. The van der Waals surface area contributed by atoms with Crippen molar-refractivity contribution < 1.29 is 4.79 Å². The van der Waals surface area contributed by atoms with E-state index in [4.69, 9.17) is 0 Å². The van der Waals surface area contributed by atoms with Gasteiger partial charge in [-0.25, -0.2) is 9.67 Å². The van der Waals surface area contributed by atoms with Crippen LogP contribution < -0.4 is 10.9 Å². The maximum absolute atomic E-state index is 13.0. The summed E-state index contributed by atoms with van der Waals surface area (Å²) in [7, 11) is 0. The standard InChI is InChI=1S/C23H23N5O2S/c1-15-20(31-23(25-15)27-12-6-7-13-27)21(29)24-14-19-17-10-4-5-11-18(17)22(30)28(26-19)16-8-2-3-9-16/h4-7,10-13,16H,2-3,8-9,14H2,1H3,(H,24,29). The van der Waals surface area contributed by atoms with E-state index in [0.29, 0.717) is 21.7 Å². The lowest BCUT2D eigenvalue weighted by Crippen LogP contribution is -2.30. The molecular formula is C23H23N5O2S. The van der Waals surface area contributed by atoms with Gasteiger partial charge in [-0.3, -0.25) is 9.59 Å². The molecule has 0 saturated heterocycles. The highest BCUT2D eigenvalue weighted by Gasteiger charge is 2.22. The van der Waals surface area contributed by atoms with Gasteiger partial charge in [-0.2, -0.15) is 5.10 Å². The Morgan fingerprint density at radius 1 is 1.13 bits per heavy atom. The zero-order chi connectivity index (χ0) is 21.4. The molecule has 8 heteroatoms. The molecule has 31 heavy (non-hydrogen) atoms. The maximum Gasteiger partial charge on any atom is 0.274 e. The van der Waals surface area contributed by atoms with Crippen LogP contribution in [0, 0.1) is 6.92 Å². The number of benzene rings is 1. The van der Waals surface area contributed by atoms with E-state index in [1.54, 1.807) is 4.68 Å². The first-order valence-corrected chi connectivity index (χ1v) is 11.3. The monoisotopic (exact) mass is 433 g/mol. The Balaban J connectivity index is 1.44. The Bertz CT molecular complexity index is 1300. The molecule has 0 aliphatic heterocycles. The molecule has 7 nitrogen and oxygen atoms in total. The zero-order valence-electron chi connectivity index (χ0n) is 17.2. The van der Waals surface area contributed by atoms with Gasteiger partial charge >= 0.3 is 0 Å². The quantitative estimate of drug-likeness (QED) is 0.516. The van der Waals surface area contributed by atoms with E-state index >= 15 is 0 Å².